The quantitative estimate of drug-likeness (QED) is 0.320. The molecular weight excluding hydrogens is 214 g/mol. The number of likely N-dealkylation sites (N-methyl/N-ethyl adjacent to an activating group) is 1. The van der Waals surface area contributed by atoms with Gasteiger partial charge in [-0.25, -0.2) is 5.84 Å². The number of guanidine groups is 1. The van der Waals surface area contributed by atoms with Crippen LogP contribution in [0.15, 0.2) is 4.99 Å². The number of nitrogens with two attached hydrogens (primary N) is 1. The van der Waals surface area contributed by atoms with E-state index in [9.17, 15) is 0 Å². The largest absolute Gasteiger partial charge is 0.339 e. The zero-order valence-electron chi connectivity index (χ0n) is 11.8. The first-order valence-electron chi connectivity index (χ1n) is 6.43. The van der Waals surface area contributed by atoms with Gasteiger partial charge in [0.15, 0.2) is 0 Å². The summed E-state index contributed by atoms with van der Waals surface area (Å²) in [6.07, 6.45) is 0. The van der Waals surface area contributed by atoms with E-state index < -0.39 is 0 Å². The summed E-state index contributed by atoms with van der Waals surface area (Å²) >= 11 is 0. The summed E-state index contributed by atoms with van der Waals surface area (Å²) in [4.78, 5) is 9.19. The summed E-state index contributed by atoms with van der Waals surface area (Å²) in [5.41, 5.74) is 2.74. The fourth-order valence-corrected chi connectivity index (χ4v) is 2.08. The predicted octanol–water partition coefficient (Wildman–Crippen LogP) is 0.486. The third-order valence-electron chi connectivity index (χ3n) is 3.39. The van der Waals surface area contributed by atoms with Gasteiger partial charge in [0.05, 0.1) is 0 Å². The Labute approximate surface area is 105 Å². The van der Waals surface area contributed by atoms with Crippen LogP contribution in [0.3, 0.4) is 0 Å². The van der Waals surface area contributed by atoms with E-state index in [4.69, 9.17) is 5.84 Å². The van der Waals surface area contributed by atoms with Crippen LogP contribution in [-0.2, 0) is 0 Å². The van der Waals surface area contributed by atoms with Gasteiger partial charge in [0.25, 0.3) is 0 Å². The molecule has 1 aliphatic heterocycles. The molecule has 0 aliphatic carbocycles. The molecule has 0 amide bonds. The Balaban J connectivity index is 2.67. The summed E-state index contributed by atoms with van der Waals surface area (Å²) in [6, 6.07) is 1.05. The van der Waals surface area contributed by atoms with Crippen molar-refractivity contribution >= 4 is 5.96 Å². The van der Waals surface area contributed by atoms with Crippen LogP contribution in [0, 0.1) is 5.92 Å². The van der Waals surface area contributed by atoms with Crippen molar-refractivity contribution in [2.24, 2.45) is 16.8 Å². The van der Waals surface area contributed by atoms with E-state index in [1.807, 2.05) is 0 Å². The molecule has 1 aliphatic rings. The second-order valence-corrected chi connectivity index (χ2v) is 5.47. The lowest BCUT2D eigenvalue weighted by Gasteiger charge is -2.43. The highest BCUT2D eigenvalue weighted by Crippen LogP contribution is 2.13. The highest BCUT2D eigenvalue weighted by Gasteiger charge is 2.27. The Morgan fingerprint density at radius 3 is 2.29 bits per heavy atom. The van der Waals surface area contributed by atoms with Crippen molar-refractivity contribution in [3.8, 4) is 0 Å². The molecule has 0 aromatic carbocycles. The molecule has 1 rings (SSSR count). The lowest BCUT2D eigenvalue weighted by atomic mass is 10.1. The Bertz CT molecular complexity index is 252. The van der Waals surface area contributed by atoms with Gasteiger partial charge in [-0.05, 0) is 26.8 Å². The number of piperazine rings is 1. The molecule has 2 unspecified atom stereocenters. The first-order valence-corrected chi connectivity index (χ1v) is 6.43. The van der Waals surface area contributed by atoms with Crippen molar-refractivity contribution in [1.29, 1.82) is 0 Å². The first-order chi connectivity index (χ1) is 7.95. The minimum absolute atomic E-state index is 0.524. The molecule has 0 radical (unpaired) electrons. The van der Waals surface area contributed by atoms with E-state index in [1.54, 1.807) is 0 Å². The molecule has 0 aromatic rings. The van der Waals surface area contributed by atoms with E-state index in [-0.39, 0.29) is 0 Å². The van der Waals surface area contributed by atoms with Gasteiger partial charge < -0.3 is 4.90 Å². The molecule has 0 bridgehead atoms. The van der Waals surface area contributed by atoms with Gasteiger partial charge >= 0.3 is 0 Å². The number of hydrazine groups is 1. The van der Waals surface area contributed by atoms with Crippen LogP contribution in [0.5, 0.6) is 0 Å². The Morgan fingerprint density at radius 2 is 1.88 bits per heavy atom. The molecular formula is C12H27N5. The minimum Gasteiger partial charge on any atom is -0.339 e. The van der Waals surface area contributed by atoms with Gasteiger partial charge in [-0.15, -0.1) is 0 Å². The summed E-state index contributed by atoms with van der Waals surface area (Å²) in [5.74, 6) is 6.96. The zero-order valence-corrected chi connectivity index (χ0v) is 11.8. The summed E-state index contributed by atoms with van der Waals surface area (Å²) in [6.45, 7) is 11.6. The Hall–Kier alpha value is -0.810. The second kappa shape index (κ2) is 6.21. The highest BCUT2D eigenvalue weighted by atomic mass is 15.4. The van der Waals surface area contributed by atoms with Gasteiger partial charge in [-0.1, -0.05) is 13.8 Å². The SMILES string of the molecule is CC(C)CN=C(NN)N1CC(C)N(C)C(C)C1. The molecule has 1 heterocycles. The average molecular weight is 241 g/mol. The molecule has 100 valence electrons. The third kappa shape index (κ3) is 3.85. The van der Waals surface area contributed by atoms with Crippen LogP contribution in [0.4, 0.5) is 0 Å². The van der Waals surface area contributed by atoms with Crippen molar-refractivity contribution in [3.05, 3.63) is 0 Å². The maximum atomic E-state index is 5.58. The number of aliphatic imine (C=N–C) groups is 1. The van der Waals surface area contributed by atoms with E-state index >= 15 is 0 Å². The van der Waals surface area contributed by atoms with Gasteiger partial charge in [-0.3, -0.25) is 15.3 Å². The smallest absolute Gasteiger partial charge is 0.208 e. The predicted molar refractivity (Wildman–Crippen MR) is 72.7 cm³/mol. The van der Waals surface area contributed by atoms with Crippen molar-refractivity contribution in [1.82, 2.24) is 15.2 Å². The molecule has 0 spiro atoms. The second-order valence-electron chi connectivity index (χ2n) is 5.47. The Morgan fingerprint density at radius 1 is 1.35 bits per heavy atom. The van der Waals surface area contributed by atoms with Crippen LogP contribution < -0.4 is 11.3 Å². The van der Waals surface area contributed by atoms with Crippen molar-refractivity contribution in [2.75, 3.05) is 26.7 Å². The van der Waals surface area contributed by atoms with Crippen LogP contribution in [0.1, 0.15) is 27.7 Å². The molecule has 0 aromatic heterocycles. The lowest BCUT2D eigenvalue weighted by molar-refractivity contribution is 0.0966. The van der Waals surface area contributed by atoms with Crippen molar-refractivity contribution in [2.45, 2.75) is 39.8 Å². The van der Waals surface area contributed by atoms with Crippen LogP contribution in [0.2, 0.25) is 0 Å². The molecule has 17 heavy (non-hydrogen) atoms. The minimum atomic E-state index is 0.524. The molecule has 0 saturated carbocycles. The molecule has 1 fully saturated rings. The maximum absolute atomic E-state index is 5.58. The molecule has 5 nitrogen and oxygen atoms in total. The molecule has 5 heteroatoms. The van der Waals surface area contributed by atoms with Gasteiger partial charge in [-0.2, -0.15) is 0 Å². The third-order valence-corrected chi connectivity index (χ3v) is 3.39. The van der Waals surface area contributed by atoms with Crippen LogP contribution in [-0.4, -0.2) is 54.5 Å². The van der Waals surface area contributed by atoms with E-state index in [0.29, 0.717) is 18.0 Å². The van der Waals surface area contributed by atoms with Gasteiger partial charge in [0, 0.05) is 31.7 Å². The highest BCUT2D eigenvalue weighted by molar-refractivity contribution is 5.79. The summed E-state index contributed by atoms with van der Waals surface area (Å²) in [5, 5.41) is 0. The van der Waals surface area contributed by atoms with Gasteiger partial charge in [0.2, 0.25) is 5.96 Å². The summed E-state index contributed by atoms with van der Waals surface area (Å²) in [7, 11) is 2.17. The molecule has 2 atom stereocenters. The monoisotopic (exact) mass is 241 g/mol. The number of rotatable bonds is 2. The average Bonchev–Trinajstić information content (AvgIpc) is 2.26. The van der Waals surface area contributed by atoms with Crippen molar-refractivity contribution < 1.29 is 0 Å². The Kier molecular flexibility index (Phi) is 5.21. The number of hydrogen-bond donors (Lipinski definition) is 2. The fraction of sp³-hybridized carbons (Fsp3) is 0.917. The molecule has 3 N–H and O–H groups in total. The number of nitrogens with one attached hydrogen (secondary N) is 1. The van der Waals surface area contributed by atoms with Gasteiger partial charge in [0.1, 0.15) is 0 Å². The maximum Gasteiger partial charge on any atom is 0.208 e. The van der Waals surface area contributed by atoms with Crippen molar-refractivity contribution in [3.63, 3.8) is 0 Å². The lowest BCUT2D eigenvalue weighted by Crippen LogP contribution is -2.59. The van der Waals surface area contributed by atoms with E-state index in [1.165, 1.54) is 0 Å². The van der Waals surface area contributed by atoms with Crippen LogP contribution in [0.25, 0.3) is 0 Å². The van der Waals surface area contributed by atoms with Crippen LogP contribution >= 0.6 is 0 Å². The number of hydrogen-bond acceptors (Lipinski definition) is 3. The normalized spacial score (nSPS) is 27.7. The summed E-state index contributed by atoms with van der Waals surface area (Å²) < 4.78 is 0. The molecule has 1 saturated heterocycles. The topological polar surface area (TPSA) is 56.9 Å². The standard InChI is InChI=1S/C12H27N5/c1-9(2)6-14-12(15-13)17-7-10(3)16(5)11(4)8-17/h9-11H,6-8,13H2,1-5H3,(H,14,15). The number of nitrogens with zero attached hydrogens (tertiary/aromatic N) is 3. The zero-order chi connectivity index (χ0) is 13.0. The first kappa shape index (κ1) is 14.3. The fourth-order valence-electron chi connectivity index (χ4n) is 2.08. The van der Waals surface area contributed by atoms with E-state index in [0.717, 1.165) is 25.6 Å². The van der Waals surface area contributed by atoms with E-state index in [2.05, 4.69) is 55.0 Å².